The second kappa shape index (κ2) is 5.15. The molecule has 1 unspecified atom stereocenters. The number of hydrogen-bond donors (Lipinski definition) is 1. The second-order valence-corrected chi connectivity index (χ2v) is 4.64. The molecule has 0 aliphatic rings. The van der Waals surface area contributed by atoms with Gasteiger partial charge in [-0.25, -0.2) is 0 Å². The summed E-state index contributed by atoms with van der Waals surface area (Å²) in [6, 6.07) is 10.6. The largest absolute Gasteiger partial charge is 0.324 e. The summed E-state index contributed by atoms with van der Waals surface area (Å²) in [6.45, 7) is 4.24. The Labute approximate surface area is 102 Å². The van der Waals surface area contributed by atoms with Crippen LogP contribution in [0.4, 0.5) is 0 Å². The lowest BCUT2D eigenvalue weighted by atomic mass is 10.0. The third-order valence-electron chi connectivity index (χ3n) is 2.87. The number of nitrogens with zero attached hydrogens (tertiary/aromatic N) is 2. The number of aromatic nitrogens is 2. The zero-order valence-electron chi connectivity index (χ0n) is 10.4. The summed E-state index contributed by atoms with van der Waals surface area (Å²) in [4.78, 5) is 0. The van der Waals surface area contributed by atoms with Gasteiger partial charge in [0, 0.05) is 18.3 Å². The van der Waals surface area contributed by atoms with Crippen LogP contribution in [0.5, 0.6) is 0 Å². The average molecular weight is 229 g/mol. The van der Waals surface area contributed by atoms with E-state index in [9.17, 15) is 0 Å². The Balaban J connectivity index is 2.05. The highest BCUT2D eigenvalue weighted by molar-refractivity contribution is 5.21. The Morgan fingerprint density at radius 3 is 2.53 bits per heavy atom. The highest BCUT2D eigenvalue weighted by atomic mass is 15.3. The Kier molecular flexibility index (Phi) is 3.59. The van der Waals surface area contributed by atoms with E-state index < -0.39 is 0 Å². The van der Waals surface area contributed by atoms with E-state index in [1.54, 1.807) is 0 Å². The monoisotopic (exact) mass is 229 g/mol. The van der Waals surface area contributed by atoms with Gasteiger partial charge in [0.25, 0.3) is 0 Å². The van der Waals surface area contributed by atoms with Crippen LogP contribution < -0.4 is 5.73 Å². The van der Waals surface area contributed by atoms with Crippen LogP contribution in [0.25, 0.3) is 0 Å². The summed E-state index contributed by atoms with van der Waals surface area (Å²) >= 11 is 0. The van der Waals surface area contributed by atoms with Crippen LogP contribution in [-0.2, 0) is 6.42 Å². The van der Waals surface area contributed by atoms with E-state index in [1.165, 1.54) is 11.1 Å². The van der Waals surface area contributed by atoms with Gasteiger partial charge in [-0.05, 0) is 31.4 Å². The zero-order valence-corrected chi connectivity index (χ0v) is 10.4. The Hall–Kier alpha value is -1.61. The minimum atomic E-state index is 0.0426. The lowest BCUT2D eigenvalue weighted by molar-refractivity contribution is 0.531. The number of benzene rings is 1. The van der Waals surface area contributed by atoms with Gasteiger partial charge in [0.05, 0.1) is 6.20 Å². The molecule has 0 bridgehead atoms. The minimum Gasteiger partial charge on any atom is -0.324 e. The smallest absolute Gasteiger partial charge is 0.0522 e. The molecular formula is C14H19N3. The first-order valence-electron chi connectivity index (χ1n) is 6.00. The molecule has 0 radical (unpaired) electrons. The molecule has 2 rings (SSSR count). The first kappa shape index (κ1) is 11.9. The van der Waals surface area contributed by atoms with Crippen molar-refractivity contribution in [3.05, 3.63) is 53.9 Å². The van der Waals surface area contributed by atoms with Gasteiger partial charge in [-0.15, -0.1) is 0 Å². The van der Waals surface area contributed by atoms with Crippen LogP contribution >= 0.6 is 0 Å². The summed E-state index contributed by atoms with van der Waals surface area (Å²) < 4.78 is 1.97. The fourth-order valence-corrected chi connectivity index (χ4v) is 1.84. The highest BCUT2D eigenvalue weighted by Gasteiger charge is 2.08. The van der Waals surface area contributed by atoms with Crippen LogP contribution in [0.15, 0.2) is 42.7 Å². The predicted molar refractivity (Wildman–Crippen MR) is 69.7 cm³/mol. The van der Waals surface area contributed by atoms with Crippen molar-refractivity contribution in [3.8, 4) is 0 Å². The maximum atomic E-state index is 6.18. The molecule has 1 atom stereocenters. The number of rotatable bonds is 4. The Morgan fingerprint density at radius 1 is 1.24 bits per heavy atom. The molecule has 1 heterocycles. The molecule has 0 spiro atoms. The molecule has 0 amide bonds. The van der Waals surface area contributed by atoms with Crippen LogP contribution in [0, 0.1) is 0 Å². The van der Waals surface area contributed by atoms with E-state index >= 15 is 0 Å². The van der Waals surface area contributed by atoms with Crippen LogP contribution in [0.1, 0.15) is 37.1 Å². The molecule has 1 aromatic carbocycles. The van der Waals surface area contributed by atoms with Crippen molar-refractivity contribution in [2.24, 2.45) is 5.73 Å². The van der Waals surface area contributed by atoms with Gasteiger partial charge in [-0.1, -0.05) is 30.3 Å². The van der Waals surface area contributed by atoms with E-state index in [0.29, 0.717) is 6.04 Å². The van der Waals surface area contributed by atoms with Crippen LogP contribution in [-0.4, -0.2) is 9.78 Å². The van der Waals surface area contributed by atoms with Gasteiger partial charge in [0.15, 0.2) is 0 Å². The molecule has 1 aromatic heterocycles. The number of nitrogens with two attached hydrogens (primary N) is 1. The van der Waals surface area contributed by atoms with Gasteiger partial charge < -0.3 is 5.73 Å². The molecule has 2 N–H and O–H groups in total. The van der Waals surface area contributed by atoms with Gasteiger partial charge in [-0.3, -0.25) is 4.68 Å². The lowest BCUT2D eigenvalue weighted by Crippen LogP contribution is -2.12. The molecule has 2 aromatic rings. The normalized spacial score (nSPS) is 12.9. The van der Waals surface area contributed by atoms with Crippen molar-refractivity contribution in [2.75, 3.05) is 0 Å². The summed E-state index contributed by atoms with van der Waals surface area (Å²) in [5.74, 6) is 0. The van der Waals surface area contributed by atoms with Crippen molar-refractivity contribution in [2.45, 2.75) is 32.4 Å². The summed E-state index contributed by atoms with van der Waals surface area (Å²) in [6.07, 6.45) is 4.81. The van der Waals surface area contributed by atoms with Crippen molar-refractivity contribution in [1.29, 1.82) is 0 Å². The molecule has 0 aliphatic carbocycles. The molecule has 0 aliphatic heterocycles. The van der Waals surface area contributed by atoms with Crippen LogP contribution in [0.2, 0.25) is 0 Å². The molecule has 0 saturated carbocycles. The van der Waals surface area contributed by atoms with E-state index in [4.69, 9.17) is 5.73 Å². The van der Waals surface area contributed by atoms with Gasteiger partial charge in [0.1, 0.15) is 0 Å². The molecule has 0 saturated heterocycles. The predicted octanol–water partition coefficient (Wildman–Crippen LogP) is 2.71. The summed E-state index contributed by atoms with van der Waals surface area (Å²) in [5, 5.41) is 4.32. The van der Waals surface area contributed by atoms with Crippen LogP contribution in [0.3, 0.4) is 0 Å². The zero-order chi connectivity index (χ0) is 12.3. The lowest BCUT2D eigenvalue weighted by Gasteiger charge is -2.10. The molecule has 17 heavy (non-hydrogen) atoms. The number of hydrogen-bond acceptors (Lipinski definition) is 2. The molecular weight excluding hydrogens is 210 g/mol. The van der Waals surface area contributed by atoms with Gasteiger partial charge in [-0.2, -0.15) is 5.10 Å². The van der Waals surface area contributed by atoms with E-state index in [-0.39, 0.29) is 6.04 Å². The quantitative estimate of drug-likeness (QED) is 0.876. The maximum Gasteiger partial charge on any atom is 0.0522 e. The molecule has 3 nitrogen and oxygen atoms in total. The SMILES string of the molecule is CC(C)n1cc(CC(N)c2ccccc2)cn1. The average Bonchev–Trinajstić information content (AvgIpc) is 2.79. The van der Waals surface area contributed by atoms with Crippen molar-refractivity contribution in [3.63, 3.8) is 0 Å². The summed E-state index contributed by atoms with van der Waals surface area (Å²) in [5.41, 5.74) is 8.54. The Bertz CT molecular complexity index is 459. The first-order valence-corrected chi connectivity index (χ1v) is 6.00. The molecule has 3 heteroatoms. The topological polar surface area (TPSA) is 43.8 Å². The standard InChI is InChI=1S/C14H19N3/c1-11(2)17-10-12(9-16-17)8-14(15)13-6-4-3-5-7-13/h3-7,9-11,14H,8,15H2,1-2H3. The highest BCUT2D eigenvalue weighted by Crippen LogP contribution is 2.16. The van der Waals surface area contributed by atoms with Crippen molar-refractivity contribution >= 4 is 0 Å². The first-order chi connectivity index (χ1) is 8.16. The van der Waals surface area contributed by atoms with E-state index in [1.807, 2.05) is 29.1 Å². The fraction of sp³-hybridized carbons (Fsp3) is 0.357. The minimum absolute atomic E-state index is 0.0426. The van der Waals surface area contributed by atoms with Gasteiger partial charge in [0.2, 0.25) is 0 Å². The third kappa shape index (κ3) is 2.94. The van der Waals surface area contributed by atoms with Gasteiger partial charge >= 0.3 is 0 Å². The van der Waals surface area contributed by atoms with Crippen molar-refractivity contribution in [1.82, 2.24) is 9.78 Å². The second-order valence-electron chi connectivity index (χ2n) is 4.64. The van der Waals surface area contributed by atoms with Crippen molar-refractivity contribution < 1.29 is 0 Å². The third-order valence-corrected chi connectivity index (χ3v) is 2.87. The van der Waals surface area contributed by atoms with E-state index in [0.717, 1.165) is 6.42 Å². The fourth-order valence-electron chi connectivity index (χ4n) is 1.84. The van der Waals surface area contributed by atoms with E-state index in [2.05, 4.69) is 37.3 Å². The molecule has 90 valence electrons. The molecule has 0 fully saturated rings. The maximum absolute atomic E-state index is 6.18. The Morgan fingerprint density at radius 2 is 1.94 bits per heavy atom. The summed E-state index contributed by atoms with van der Waals surface area (Å²) in [7, 11) is 0.